The lowest BCUT2D eigenvalue weighted by atomic mass is 10.2. The Hall–Kier alpha value is -0.610. The van der Waals surface area contributed by atoms with E-state index in [0.29, 0.717) is 6.04 Å². The summed E-state index contributed by atoms with van der Waals surface area (Å²) in [6.45, 7) is 6.63. The molecule has 0 aliphatic heterocycles. The molecule has 1 aromatic heterocycles. The highest BCUT2D eigenvalue weighted by molar-refractivity contribution is 9.10. The van der Waals surface area contributed by atoms with E-state index in [1.807, 2.05) is 12.3 Å². The van der Waals surface area contributed by atoms with Crippen molar-refractivity contribution in [3.05, 3.63) is 22.9 Å². The smallest absolute Gasteiger partial charge is 0.0590 e. The minimum atomic E-state index is 0.636. The second-order valence-corrected chi connectivity index (χ2v) is 5.42. The van der Waals surface area contributed by atoms with Gasteiger partial charge in [-0.25, -0.2) is 0 Å². The molecule has 17 heavy (non-hydrogen) atoms. The molecule has 0 bridgehead atoms. The summed E-state index contributed by atoms with van der Waals surface area (Å²) in [5, 5.41) is 3.41. The van der Waals surface area contributed by atoms with Crippen molar-refractivity contribution in [3.63, 3.8) is 0 Å². The van der Waals surface area contributed by atoms with E-state index in [9.17, 15) is 0 Å². The molecule has 96 valence electrons. The zero-order valence-corrected chi connectivity index (χ0v) is 12.5. The van der Waals surface area contributed by atoms with Gasteiger partial charge in [0, 0.05) is 25.0 Å². The van der Waals surface area contributed by atoms with Gasteiger partial charge in [0.2, 0.25) is 0 Å². The van der Waals surface area contributed by atoms with E-state index in [0.717, 1.165) is 23.2 Å². The van der Waals surface area contributed by atoms with Gasteiger partial charge in [-0.05, 0) is 62.3 Å². The second kappa shape index (κ2) is 7.67. The predicted molar refractivity (Wildman–Crippen MR) is 77.4 cm³/mol. The molecule has 0 unspecified atom stereocenters. The molecule has 0 radical (unpaired) electrons. The number of nitrogens with zero attached hydrogens (tertiary/aromatic N) is 2. The summed E-state index contributed by atoms with van der Waals surface area (Å²) in [5.74, 6) is 0. The molecule has 1 aromatic rings. The minimum absolute atomic E-state index is 0.636. The van der Waals surface area contributed by atoms with E-state index in [1.54, 1.807) is 6.20 Å². The topological polar surface area (TPSA) is 28.2 Å². The number of rotatable bonds is 7. The van der Waals surface area contributed by atoms with Gasteiger partial charge in [-0.3, -0.25) is 4.98 Å². The third kappa shape index (κ3) is 5.50. The summed E-state index contributed by atoms with van der Waals surface area (Å²) < 4.78 is 1.03. The van der Waals surface area contributed by atoms with Crippen LogP contribution in [0.15, 0.2) is 22.9 Å². The molecule has 0 saturated heterocycles. The van der Waals surface area contributed by atoms with Gasteiger partial charge in [0.1, 0.15) is 0 Å². The molecule has 0 amide bonds. The highest BCUT2D eigenvalue weighted by atomic mass is 79.9. The zero-order valence-electron chi connectivity index (χ0n) is 10.9. The molecule has 0 spiro atoms. The lowest BCUT2D eigenvalue weighted by molar-refractivity contribution is 0.269. The molecule has 1 rings (SSSR count). The average Bonchev–Trinajstić information content (AvgIpc) is 2.30. The van der Waals surface area contributed by atoms with Crippen molar-refractivity contribution >= 4 is 21.6 Å². The molecular weight excluding hydrogens is 278 g/mol. The molecule has 0 fully saturated rings. The molecule has 0 aromatic carbocycles. The molecule has 0 aliphatic carbocycles. The largest absolute Gasteiger partial charge is 0.384 e. The van der Waals surface area contributed by atoms with Crippen LogP contribution in [0.5, 0.6) is 0 Å². The first kappa shape index (κ1) is 14.5. The van der Waals surface area contributed by atoms with Crippen LogP contribution in [-0.4, -0.2) is 36.1 Å². The maximum Gasteiger partial charge on any atom is 0.0590 e. The Morgan fingerprint density at radius 3 is 2.82 bits per heavy atom. The van der Waals surface area contributed by atoms with Crippen LogP contribution in [0.1, 0.15) is 26.7 Å². The first-order valence-electron chi connectivity index (χ1n) is 6.15. The Balaban J connectivity index is 2.15. The van der Waals surface area contributed by atoms with E-state index >= 15 is 0 Å². The number of anilines is 1. The number of unbranched alkanes of at least 4 members (excludes halogenated alkanes) is 1. The first-order chi connectivity index (χ1) is 8.11. The fourth-order valence-corrected chi connectivity index (χ4v) is 1.88. The van der Waals surface area contributed by atoms with Gasteiger partial charge >= 0.3 is 0 Å². The Labute approximate surface area is 113 Å². The van der Waals surface area contributed by atoms with E-state index in [-0.39, 0.29) is 0 Å². The van der Waals surface area contributed by atoms with Crippen LogP contribution in [0.25, 0.3) is 0 Å². The van der Waals surface area contributed by atoms with Crippen LogP contribution in [0.3, 0.4) is 0 Å². The van der Waals surface area contributed by atoms with Gasteiger partial charge in [-0.15, -0.1) is 0 Å². The Kier molecular flexibility index (Phi) is 6.52. The van der Waals surface area contributed by atoms with Crippen molar-refractivity contribution in [2.45, 2.75) is 32.7 Å². The van der Waals surface area contributed by atoms with Crippen molar-refractivity contribution < 1.29 is 0 Å². The predicted octanol–water partition coefficient (Wildman–Crippen LogP) is 3.38. The summed E-state index contributed by atoms with van der Waals surface area (Å²) in [6.07, 6.45) is 6.03. The highest BCUT2D eigenvalue weighted by Crippen LogP contribution is 2.19. The number of aromatic nitrogens is 1. The van der Waals surface area contributed by atoms with Crippen LogP contribution in [-0.2, 0) is 0 Å². The normalized spacial score (nSPS) is 11.2. The molecule has 0 aliphatic rings. The van der Waals surface area contributed by atoms with Crippen LogP contribution in [0.2, 0.25) is 0 Å². The standard InChI is InChI=1S/C13H22BrN3/c1-11(2)17(3)9-5-4-7-16-13-6-8-15-10-12(13)14/h6,8,10-11H,4-5,7,9H2,1-3H3,(H,15,16). The first-order valence-corrected chi connectivity index (χ1v) is 6.94. The van der Waals surface area contributed by atoms with Crippen molar-refractivity contribution in [1.82, 2.24) is 9.88 Å². The Bertz CT molecular complexity index is 328. The summed E-state index contributed by atoms with van der Waals surface area (Å²) in [4.78, 5) is 6.42. The molecule has 0 saturated carbocycles. The van der Waals surface area contributed by atoms with Gasteiger partial charge in [0.15, 0.2) is 0 Å². The van der Waals surface area contributed by atoms with Crippen molar-refractivity contribution in [2.24, 2.45) is 0 Å². The number of hydrogen-bond donors (Lipinski definition) is 1. The number of pyridine rings is 1. The molecule has 1 N–H and O–H groups in total. The van der Waals surface area contributed by atoms with Crippen molar-refractivity contribution in [3.8, 4) is 0 Å². The molecular formula is C13H22BrN3. The molecule has 4 heteroatoms. The van der Waals surface area contributed by atoms with Crippen LogP contribution in [0, 0.1) is 0 Å². The van der Waals surface area contributed by atoms with Crippen LogP contribution < -0.4 is 5.32 Å². The Morgan fingerprint density at radius 1 is 1.41 bits per heavy atom. The maximum absolute atomic E-state index is 4.04. The van der Waals surface area contributed by atoms with Gasteiger partial charge in [0.05, 0.1) is 10.2 Å². The van der Waals surface area contributed by atoms with Crippen molar-refractivity contribution in [1.29, 1.82) is 0 Å². The lowest BCUT2D eigenvalue weighted by Crippen LogP contribution is -2.27. The monoisotopic (exact) mass is 299 g/mol. The summed E-state index contributed by atoms with van der Waals surface area (Å²) >= 11 is 3.47. The van der Waals surface area contributed by atoms with Gasteiger partial charge in [-0.2, -0.15) is 0 Å². The van der Waals surface area contributed by atoms with Gasteiger partial charge in [-0.1, -0.05) is 0 Å². The quantitative estimate of drug-likeness (QED) is 0.783. The van der Waals surface area contributed by atoms with Crippen LogP contribution in [0.4, 0.5) is 5.69 Å². The Morgan fingerprint density at radius 2 is 2.18 bits per heavy atom. The molecule has 0 atom stereocenters. The van der Waals surface area contributed by atoms with E-state index < -0.39 is 0 Å². The lowest BCUT2D eigenvalue weighted by Gasteiger charge is -2.20. The highest BCUT2D eigenvalue weighted by Gasteiger charge is 2.02. The third-order valence-corrected chi connectivity index (χ3v) is 3.54. The van der Waals surface area contributed by atoms with Crippen LogP contribution >= 0.6 is 15.9 Å². The summed E-state index contributed by atoms with van der Waals surface area (Å²) in [6, 6.07) is 2.63. The molecule has 3 nitrogen and oxygen atoms in total. The summed E-state index contributed by atoms with van der Waals surface area (Å²) in [5.41, 5.74) is 1.12. The zero-order chi connectivity index (χ0) is 12.7. The van der Waals surface area contributed by atoms with Crippen molar-refractivity contribution in [2.75, 3.05) is 25.5 Å². The summed E-state index contributed by atoms with van der Waals surface area (Å²) in [7, 11) is 2.18. The number of halogens is 1. The van der Waals surface area contributed by atoms with E-state index in [4.69, 9.17) is 0 Å². The van der Waals surface area contributed by atoms with Gasteiger partial charge < -0.3 is 10.2 Å². The van der Waals surface area contributed by atoms with Gasteiger partial charge in [0.25, 0.3) is 0 Å². The number of nitrogens with one attached hydrogen (secondary N) is 1. The minimum Gasteiger partial charge on any atom is -0.384 e. The second-order valence-electron chi connectivity index (χ2n) is 4.56. The fraction of sp³-hybridized carbons (Fsp3) is 0.615. The fourth-order valence-electron chi connectivity index (χ4n) is 1.49. The number of hydrogen-bond acceptors (Lipinski definition) is 3. The molecule has 1 heterocycles. The maximum atomic E-state index is 4.04. The van der Waals surface area contributed by atoms with E-state index in [2.05, 4.69) is 52.0 Å². The SMILES string of the molecule is CC(C)N(C)CCCCNc1ccncc1Br. The third-order valence-electron chi connectivity index (χ3n) is 2.91. The average molecular weight is 300 g/mol. The van der Waals surface area contributed by atoms with E-state index in [1.165, 1.54) is 12.8 Å².